The van der Waals surface area contributed by atoms with Gasteiger partial charge in [0.25, 0.3) is 0 Å². The average Bonchev–Trinajstić information content (AvgIpc) is 3.68. The van der Waals surface area contributed by atoms with Crippen molar-refractivity contribution < 1.29 is 9.59 Å². The summed E-state index contributed by atoms with van der Waals surface area (Å²) in [5.41, 5.74) is 6.12. The number of aromatic nitrogens is 2. The molecule has 6 nitrogen and oxygen atoms in total. The number of nitrogens with zero attached hydrogens (tertiary/aromatic N) is 2. The van der Waals surface area contributed by atoms with Gasteiger partial charge in [-0.25, -0.2) is 0 Å². The first-order valence-electron chi connectivity index (χ1n) is 14.9. The van der Waals surface area contributed by atoms with E-state index >= 15 is 0 Å². The highest BCUT2D eigenvalue weighted by Gasteiger charge is 2.37. The summed E-state index contributed by atoms with van der Waals surface area (Å²) < 4.78 is 0. The van der Waals surface area contributed by atoms with Crippen molar-refractivity contribution in [2.24, 2.45) is 0 Å². The first-order valence-corrected chi connectivity index (χ1v) is 14.9. The number of aromatic amines is 2. The van der Waals surface area contributed by atoms with Gasteiger partial charge < -0.3 is 14.9 Å². The molecule has 1 atom stereocenters. The highest BCUT2D eigenvalue weighted by molar-refractivity contribution is 6.09. The first kappa shape index (κ1) is 26.9. The Balaban J connectivity index is 1.19. The Bertz CT molecular complexity index is 1840. The Morgan fingerprint density at radius 3 is 2.00 bits per heavy atom. The van der Waals surface area contributed by atoms with Crippen LogP contribution in [0.5, 0.6) is 0 Å². The summed E-state index contributed by atoms with van der Waals surface area (Å²) in [7, 11) is 0. The standard InChI is InChI=1S/C37H34N4O2/c42-36(31-23-39-34-18-10-8-16-30(31)34)25-40-19-20-41(24-32(26-11-3-1-4-12-26)27-13-5-2-6-14-27)37(43)35(40)21-28-22-38-33-17-9-7-15-29(28)33/h1-18,22-23,32,35,38-39H,19-21,24-25H2/t35-/m1/s1. The van der Waals surface area contributed by atoms with Gasteiger partial charge in [-0.15, -0.1) is 0 Å². The molecule has 1 saturated heterocycles. The van der Waals surface area contributed by atoms with Gasteiger partial charge in [0.05, 0.1) is 12.6 Å². The van der Waals surface area contributed by atoms with Crippen molar-refractivity contribution in [2.45, 2.75) is 18.4 Å². The molecule has 0 spiro atoms. The van der Waals surface area contributed by atoms with Gasteiger partial charge in [0.2, 0.25) is 5.91 Å². The lowest BCUT2D eigenvalue weighted by molar-refractivity contribution is -0.141. The molecule has 0 unspecified atom stereocenters. The number of rotatable bonds is 9. The van der Waals surface area contributed by atoms with Crippen LogP contribution < -0.4 is 0 Å². The molecule has 3 heterocycles. The molecule has 1 aliphatic heterocycles. The van der Waals surface area contributed by atoms with Gasteiger partial charge in [-0.05, 0) is 35.2 Å². The number of fused-ring (bicyclic) bond motifs is 2. The molecule has 4 aromatic carbocycles. The van der Waals surface area contributed by atoms with E-state index in [1.807, 2.05) is 59.6 Å². The lowest BCUT2D eigenvalue weighted by Crippen LogP contribution is -2.59. The lowest BCUT2D eigenvalue weighted by Gasteiger charge is -2.41. The van der Waals surface area contributed by atoms with E-state index in [0.717, 1.165) is 27.4 Å². The van der Waals surface area contributed by atoms with Gasteiger partial charge in [-0.3, -0.25) is 14.5 Å². The Hall–Kier alpha value is -4.94. The highest BCUT2D eigenvalue weighted by atomic mass is 16.2. The molecular weight excluding hydrogens is 532 g/mol. The molecule has 2 aromatic heterocycles. The molecule has 6 aromatic rings. The van der Waals surface area contributed by atoms with Crippen LogP contribution in [0, 0.1) is 0 Å². The summed E-state index contributed by atoms with van der Waals surface area (Å²) >= 11 is 0. The molecule has 0 radical (unpaired) electrons. The minimum absolute atomic E-state index is 0.0223. The van der Waals surface area contributed by atoms with E-state index in [4.69, 9.17) is 0 Å². The fourth-order valence-electron chi connectivity index (χ4n) is 6.54. The predicted octanol–water partition coefficient (Wildman–Crippen LogP) is 6.42. The van der Waals surface area contributed by atoms with Gasteiger partial charge in [-0.1, -0.05) is 97.1 Å². The van der Waals surface area contributed by atoms with E-state index < -0.39 is 6.04 Å². The van der Waals surface area contributed by atoms with Crippen LogP contribution in [0.15, 0.2) is 122 Å². The van der Waals surface area contributed by atoms with Crippen molar-refractivity contribution in [3.05, 3.63) is 144 Å². The van der Waals surface area contributed by atoms with Crippen LogP contribution >= 0.6 is 0 Å². The lowest BCUT2D eigenvalue weighted by atomic mass is 9.90. The topological polar surface area (TPSA) is 72.2 Å². The second-order valence-corrected chi connectivity index (χ2v) is 11.4. The number of ketones is 1. The number of H-pyrrole nitrogens is 2. The van der Waals surface area contributed by atoms with Crippen LogP contribution in [0.4, 0.5) is 0 Å². The van der Waals surface area contributed by atoms with Crippen molar-refractivity contribution in [1.29, 1.82) is 0 Å². The van der Waals surface area contributed by atoms with Gasteiger partial charge in [-0.2, -0.15) is 0 Å². The molecule has 1 amide bonds. The van der Waals surface area contributed by atoms with Crippen LogP contribution in [-0.4, -0.2) is 63.7 Å². The van der Waals surface area contributed by atoms with E-state index in [9.17, 15) is 9.59 Å². The number of hydrogen-bond donors (Lipinski definition) is 2. The number of hydrogen-bond acceptors (Lipinski definition) is 3. The zero-order chi connectivity index (χ0) is 29.2. The second kappa shape index (κ2) is 11.7. The molecule has 6 heteroatoms. The van der Waals surface area contributed by atoms with Crippen LogP contribution in [0.1, 0.15) is 33.0 Å². The summed E-state index contributed by atoms with van der Waals surface area (Å²) in [4.78, 5) is 38.8. The van der Waals surface area contributed by atoms with Gasteiger partial charge in [0.15, 0.2) is 5.78 Å². The maximum absolute atomic E-state index is 14.4. The Kier molecular flexibility index (Phi) is 7.35. The Morgan fingerprint density at radius 1 is 0.721 bits per heavy atom. The predicted molar refractivity (Wildman–Crippen MR) is 171 cm³/mol. The summed E-state index contributed by atoms with van der Waals surface area (Å²) in [6.07, 6.45) is 4.33. The third-order valence-electron chi connectivity index (χ3n) is 8.83. The SMILES string of the molecule is O=C(CN1CCN(CC(c2ccccc2)c2ccccc2)C(=O)[C@H]1Cc1c[nH]c2ccccc12)c1c[nH]c2ccccc12. The van der Waals surface area contributed by atoms with Crippen molar-refractivity contribution in [3.8, 4) is 0 Å². The summed E-state index contributed by atoms with van der Waals surface area (Å²) in [6, 6.07) is 36.4. The van der Waals surface area contributed by atoms with E-state index in [0.29, 0.717) is 31.6 Å². The molecule has 7 rings (SSSR count). The fraction of sp³-hybridized carbons (Fsp3) is 0.189. The van der Waals surface area contributed by atoms with E-state index in [1.165, 1.54) is 11.1 Å². The zero-order valence-corrected chi connectivity index (χ0v) is 23.9. The van der Waals surface area contributed by atoms with Gasteiger partial charge >= 0.3 is 0 Å². The van der Waals surface area contributed by atoms with Crippen LogP contribution in [-0.2, 0) is 11.2 Å². The normalized spacial score (nSPS) is 16.0. The molecule has 0 aliphatic carbocycles. The number of para-hydroxylation sites is 2. The summed E-state index contributed by atoms with van der Waals surface area (Å²) in [5.74, 6) is 0.147. The Labute approximate surface area is 251 Å². The molecule has 214 valence electrons. The third-order valence-corrected chi connectivity index (χ3v) is 8.83. The largest absolute Gasteiger partial charge is 0.361 e. The third kappa shape index (κ3) is 5.38. The number of carbonyl (C=O) groups excluding carboxylic acids is 2. The summed E-state index contributed by atoms with van der Waals surface area (Å²) in [6.45, 7) is 1.97. The molecule has 43 heavy (non-hydrogen) atoms. The molecule has 0 bridgehead atoms. The van der Waals surface area contributed by atoms with Gasteiger partial charge in [0.1, 0.15) is 0 Å². The van der Waals surface area contributed by atoms with Crippen molar-refractivity contribution in [3.63, 3.8) is 0 Å². The fourth-order valence-corrected chi connectivity index (χ4v) is 6.54. The number of amides is 1. The molecule has 1 aliphatic rings. The van der Waals surface area contributed by atoms with Crippen LogP contribution in [0.3, 0.4) is 0 Å². The number of carbonyl (C=O) groups is 2. The molecule has 2 N–H and O–H groups in total. The summed E-state index contributed by atoms with van der Waals surface area (Å²) in [5, 5.41) is 2.03. The smallest absolute Gasteiger partial charge is 0.240 e. The quantitative estimate of drug-likeness (QED) is 0.199. The maximum Gasteiger partial charge on any atom is 0.240 e. The first-order chi connectivity index (χ1) is 21.2. The monoisotopic (exact) mass is 566 g/mol. The van der Waals surface area contributed by atoms with Gasteiger partial charge in [0, 0.05) is 65.3 Å². The minimum Gasteiger partial charge on any atom is -0.361 e. The number of benzene rings is 4. The Morgan fingerprint density at radius 2 is 1.30 bits per heavy atom. The van der Waals surface area contributed by atoms with Crippen molar-refractivity contribution in [2.75, 3.05) is 26.2 Å². The highest BCUT2D eigenvalue weighted by Crippen LogP contribution is 2.29. The van der Waals surface area contributed by atoms with Crippen molar-refractivity contribution >= 4 is 33.5 Å². The van der Waals surface area contributed by atoms with E-state index in [1.54, 1.807) is 6.20 Å². The number of nitrogens with one attached hydrogen (secondary N) is 2. The maximum atomic E-state index is 14.4. The zero-order valence-electron chi connectivity index (χ0n) is 23.9. The van der Waals surface area contributed by atoms with E-state index in [2.05, 4.69) is 75.5 Å². The molecule has 1 fully saturated rings. The molecule has 0 saturated carbocycles. The van der Waals surface area contributed by atoms with Crippen LogP contribution in [0.25, 0.3) is 21.8 Å². The second-order valence-electron chi connectivity index (χ2n) is 11.4. The van der Waals surface area contributed by atoms with Crippen LogP contribution in [0.2, 0.25) is 0 Å². The molecular formula is C37H34N4O2. The minimum atomic E-state index is -0.450. The van der Waals surface area contributed by atoms with Crippen molar-refractivity contribution in [1.82, 2.24) is 19.8 Å². The number of Topliss-reactive ketones (excluding diaryl/α,β-unsaturated/α-hetero) is 1. The number of piperazine rings is 1. The van der Waals surface area contributed by atoms with E-state index in [-0.39, 0.29) is 24.2 Å². The average molecular weight is 567 g/mol.